The summed E-state index contributed by atoms with van der Waals surface area (Å²) in [6.45, 7) is 0. The summed E-state index contributed by atoms with van der Waals surface area (Å²) in [4.78, 5) is 0. The van der Waals surface area contributed by atoms with Crippen molar-refractivity contribution in [2.45, 2.75) is 30.5 Å². The summed E-state index contributed by atoms with van der Waals surface area (Å²) in [5, 5.41) is 0. The second-order valence-electron chi connectivity index (χ2n) is 4.26. The highest BCUT2D eigenvalue weighted by Crippen LogP contribution is 2.50. The lowest BCUT2D eigenvalue weighted by atomic mass is 9.98. The van der Waals surface area contributed by atoms with E-state index in [4.69, 9.17) is 0 Å². The highest BCUT2D eigenvalue weighted by Gasteiger charge is 2.73. The third kappa shape index (κ3) is 3.99. The molecule has 1 rings (SSSR count). The SMILES string of the molecule is COC(CC(F)(F)C(F)(F)C(F)(F)F)c1cccc(I)c1. The van der Waals surface area contributed by atoms with Gasteiger partial charge in [0.25, 0.3) is 0 Å². The van der Waals surface area contributed by atoms with E-state index in [0.29, 0.717) is 3.57 Å². The maximum atomic E-state index is 13.4. The Bertz CT molecular complexity index is 487. The number of methoxy groups -OCH3 is 1. The summed E-state index contributed by atoms with van der Waals surface area (Å²) in [7, 11) is 0.965. The van der Waals surface area contributed by atoms with Crippen molar-refractivity contribution >= 4 is 22.6 Å². The molecule has 1 aromatic carbocycles. The monoisotopic (exact) mass is 430 g/mol. The fourth-order valence-electron chi connectivity index (χ4n) is 1.61. The highest BCUT2D eigenvalue weighted by atomic mass is 127. The number of alkyl halides is 7. The van der Waals surface area contributed by atoms with Crippen LogP contribution in [-0.4, -0.2) is 25.1 Å². The molecule has 0 saturated heterocycles. The lowest BCUT2D eigenvalue weighted by Crippen LogP contribution is -2.52. The molecule has 0 heterocycles. The molecule has 0 bridgehead atoms. The second-order valence-corrected chi connectivity index (χ2v) is 5.51. The van der Waals surface area contributed by atoms with E-state index in [0.717, 1.165) is 7.11 Å². The van der Waals surface area contributed by atoms with Gasteiger partial charge in [-0.2, -0.15) is 30.7 Å². The molecule has 0 N–H and O–H groups in total. The van der Waals surface area contributed by atoms with Gasteiger partial charge in [-0.15, -0.1) is 0 Å². The fourth-order valence-corrected chi connectivity index (χ4v) is 2.18. The Kier molecular flexibility index (Phi) is 5.51. The fraction of sp³-hybridized carbons (Fsp3) is 0.500. The van der Waals surface area contributed by atoms with E-state index >= 15 is 0 Å². The predicted molar refractivity (Wildman–Crippen MR) is 69.5 cm³/mol. The van der Waals surface area contributed by atoms with E-state index in [1.807, 2.05) is 22.6 Å². The normalized spacial score (nSPS) is 15.1. The third-order valence-corrected chi connectivity index (χ3v) is 3.43. The van der Waals surface area contributed by atoms with E-state index in [1.54, 1.807) is 6.07 Å². The molecule has 0 amide bonds. The zero-order valence-electron chi connectivity index (χ0n) is 10.5. The lowest BCUT2D eigenvalue weighted by molar-refractivity contribution is -0.358. The van der Waals surface area contributed by atoms with Gasteiger partial charge in [0.2, 0.25) is 0 Å². The van der Waals surface area contributed by atoms with Crippen LogP contribution < -0.4 is 0 Å². The Morgan fingerprint density at radius 1 is 1.10 bits per heavy atom. The van der Waals surface area contributed by atoms with Crippen molar-refractivity contribution in [2.24, 2.45) is 0 Å². The van der Waals surface area contributed by atoms with Gasteiger partial charge in [-0.3, -0.25) is 0 Å². The Balaban J connectivity index is 3.05. The van der Waals surface area contributed by atoms with Gasteiger partial charge >= 0.3 is 18.0 Å². The van der Waals surface area contributed by atoms with Crippen molar-refractivity contribution in [3.63, 3.8) is 0 Å². The van der Waals surface area contributed by atoms with E-state index < -0.39 is 30.5 Å². The number of ether oxygens (including phenoxy) is 1. The lowest BCUT2D eigenvalue weighted by Gasteiger charge is -2.30. The largest absolute Gasteiger partial charge is 0.459 e. The van der Waals surface area contributed by atoms with Crippen LogP contribution in [0.15, 0.2) is 24.3 Å². The van der Waals surface area contributed by atoms with Gasteiger partial charge in [0.1, 0.15) is 0 Å². The van der Waals surface area contributed by atoms with Crippen molar-refractivity contribution in [2.75, 3.05) is 7.11 Å². The molecule has 1 atom stereocenters. The van der Waals surface area contributed by atoms with Crippen LogP contribution in [-0.2, 0) is 4.74 Å². The Labute approximate surface area is 129 Å². The number of hydrogen-bond acceptors (Lipinski definition) is 1. The van der Waals surface area contributed by atoms with Crippen molar-refractivity contribution in [3.8, 4) is 0 Å². The van der Waals surface area contributed by atoms with Crippen molar-refractivity contribution in [1.29, 1.82) is 0 Å². The zero-order chi connectivity index (χ0) is 16.5. The van der Waals surface area contributed by atoms with E-state index in [1.165, 1.54) is 18.2 Å². The average molecular weight is 430 g/mol. The van der Waals surface area contributed by atoms with Crippen LogP contribution in [0.25, 0.3) is 0 Å². The van der Waals surface area contributed by atoms with Crippen LogP contribution in [0.3, 0.4) is 0 Å². The van der Waals surface area contributed by atoms with Gasteiger partial charge in [-0.05, 0) is 40.3 Å². The van der Waals surface area contributed by atoms with Crippen LogP contribution in [0, 0.1) is 3.57 Å². The van der Waals surface area contributed by atoms with Gasteiger partial charge in [0, 0.05) is 17.1 Å². The first kappa shape index (κ1) is 18.5. The van der Waals surface area contributed by atoms with Crippen molar-refractivity contribution in [3.05, 3.63) is 33.4 Å². The predicted octanol–water partition coefficient (Wildman–Crippen LogP) is 5.20. The van der Waals surface area contributed by atoms with Crippen molar-refractivity contribution in [1.82, 2.24) is 0 Å². The van der Waals surface area contributed by atoms with Gasteiger partial charge < -0.3 is 4.74 Å². The van der Waals surface area contributed by atoms with Gasteiger partial charge in [0.05, 0.1) is 6.10 Å². The summed E-state index contributed by atoms with van der Waals surface area (Å²) >= 11 is 1.85. The number of benzene rings is 1. The Morgan fingerprint density at radius 3 is 2.10 bits per heavy atom. The first-order chi connectivity index (χ1) is 9.42. The van der Waals surface area contributed by atoms with Gasteiger partial charge in [-0.25, -0.2) is 0 Å². The van der Waals surface area contributed by atoms with Crippen LogP contribution in [0.4, 0.5) is 30.7 Å². The van der Waals surface area contributed by atoms with Gasteiger partial charge in [0.15, 0.2) is 0 Å². The minimum Gasteiger partial charge on any atom is -0.377 e. The Hall–Kier alpha value is -0.580. The smallest absolute Gasteiger partial charge is 0.377 e. The molecule has 9 heteroatoms. The molecule has 1 nitrogen and oxygen atoms in total. The second kappa shape index (κ2) is 6.27. The van der Waals surface area contributed by atoms with E-state index in [9.17, 15) is 30.7 Å². The summed E-state index contributed by atoms with van der Waals surface area (Å²) in [6.07, 6.45) is -9.70. The first-order valence-electron chi connectivity index (χ1n) is 5.53. The minimum atomic E-state index is -6.33. The summed E-state index contributed by atoms with van der Waals surface area (Å²) in [5.74, 6) is -11.4. The molecule has 0 spiro atoms. The molecule has 1 unspecified atom stereocenters. The maximum absolute atomic E-state index is 13.4. The maximum Gasteiger partial charge on any atom is 0.459 e. The Morgan fingerprint density at radius 2 is 1.67 bits per heavy atom. The summed E-state index contributed by atoms with van der Waals surface area (Å²) < 4.78 is 94.0. The summed E-state index contributed by atoms with van der Waals surface area (Å²) in [6, 6.07) is 5.76. The molecule has 0 aliphatic rings. The molecule has 0 fully saturated rings. The molecule has 0 saturated carbocycles. The number of rotatable bonds is 5. The van der Waals surface area contributed by atoms with Gasteiger partial charge in [-0.1, -0.05) is 12.1 Å². The first-order valence-corrected chi connectivity index (χ1v) is 6.61. The molecule has 21 heavy (non-hydrogen) atoms. The molecular weight excluding hydrogens is 420 g/mol. The van der Waals surface area contributed by atoms with E-state index in [2.05, 4.69) is 4.74 Å². The average Bonchev–Trinajstić information content (AvgIpc) is 2.34. The standard InChI is InChI=1S/C12H10F7IO/c1-21-9(7-3-2-4-8(20)5-7)6-10(13,14)11(15,16)12(17,18)19/h2-5,9H,6H2,1H3. The number of hydrogen-bond donors (Lipinski definition) is 0. The van der Waals surface area contributed by atoms with Crippen LogP contribution in [0.5, 0.6) is 0 Å². The van der Waals surface area contributed by atoms with Crippen LogP contribution in [0.1, 0.15) is 18.1 Å². The van der Waals surface area contributed by atoms with Crippen LogP contribution >= 0.6 is 22.6 Å². The third-order valence-electron chi connectivity index (χ3n) is 2.76. The zero-order valence-corrected chi connectivity index (χ0v) is 12.7. The quantitative estimate of drug-likeness (QED) is 0.461. The summed E-state index contributed by atoms with van der Waals surface area (Å²) in [5.41, 5.74) is 0.0991. The topological polar surface area (TPSA) is 9.23 Å². The molecule has 0 radical (unpaired) electrons. The number of halogens is 8. The highest BCUT2D eigenvalue weighted by molar-refractivity contribution is 14.1. The molecule has 1 aromatic rings. The molecule has 0 aromatic heterocycles. The van der Waals surface area contributed by atoms with Crippen molar-refractivity contribution < 1.29 is 35.5 Å². The molecular formula is C12H10F7IO. The molecule has 0 aliphatic carbocycles. The molecule has 0 aliphatic heterocycles. The minimum absolute atomic E-state index is 0.0991. The van der Waals surface area contributed by atoms with Crippen LogP contribution in [0.2, 0.25) is 0 Å². The molecule has 120 valence electrons. The van der Waals surface area contributed by atoms with E-state index in [-0.39, 0.29) is 5.56 Å².